The largest absolute Gasteiger partial charge is 0.394 e. The highest BCUT2D eigenvalue weighted by molar-refractivity contribution is 6.18. The predicted molar refractivity (Wildman–Crippen MR) is 115 cm³/mol. The second kappa shape index (κ2) is 7.49. The van der Waals surface area contributed by atoms with Crippen LogP contribution in [0.5, 0.6) is 0 Å². The van der Waals surface area contributed by atoms with Crippen molar-refractivity contribution in [1.82, 2.24) is 9.88 Å². The number of benzene rings is 3. The second-order valence-electron chi connectivity index (χ2n) is 7.28. The molecule has 0 radical (unpaired) electrons. The minimum absolute atomic E-state index is 0. The summed E-state index contributed by atoms with van der Waals surface area (Å²) in [5, 5.41) is 27.3. The summed E-state index contributed by atoms with van der Waals surface area (Å²) in [4.78, 5) is 0. The molecule has 0 unspecified atom stereocenters. The van der Waals surface area contributed by atoms with Crippen LogP contribution >= 0.6 is 12.4 Å². The first-order valence-corrected chi connectivity index (χ1v) is 8.92. The molecule has 0 aliphatic rings. The molecule has 1 heterocycles. The summed E-state index contributed by atoms with van der Waals surface area (Å²) in [6.45, 7) is 2.18. The molecule has 4 nitrogen and oxygen atoms in total. The molecule has 27 heavy (non-hydrogen) atoms. The molecule has 0 spiro atoms. The van der Waals surface area contributed by atoms with E-state index in [0.717, 1.165) is 5.56 Å². The van der Waals surface area contributed by atoms with Crippen LogP contribution < -0.4 is 5.32 Å². The first-order valence-electron chi connectivity index (χ1n) is 8.92. The van der Waals surface area contributed by atoms with E-state index in [1.165, 1.54) is 32.6 Å². The van der Waals surface area contributed by atoms with Crippen LogP contribution in [0.4, 0.5) is 0 Å². The maximum absolute atomic E-state index is 9.57. The fourth-order valence-corrected chi connectivity index (χ4v) is 3.73. The number of hydrogen-bond acceptors (Lipinski definition) is 3. The van der Waals surface area contributed by atoms with Gasteiger partial charge < -0.3 is 20.1 Å². The number of fused-ring (bicyclic) bond motifs is 5. The minimum Gasteiger partial charge on any atom is -0.394 e. The van der Waals surface area contributed by atoms with E-state index in [4.69, 9.17) is 0 Å². The van der Waals surface area contributed by atoms with Crippen molar-refractivity contribution in [1.29, 1.82) is 0 Å². The zero-order valence-electron chi connectivity index (χ0n) is 15.6. The van der Waals surface area contributed by atoms with Crippen molar-refractivity contribution in [2.24, 2.45) is 7.05 Å². The molecule has 4 aromatic rings. The van der Waals surface area contributed by atoms with Gasteiger partial charge in [0, 0.05) is 35.3 Å². The first-order chi connectivity index (χ1) is 12.6. The van der Waals surface area contributed by atoms with Crippen molar-refractivity contribution in [3.63, 3.8) is 0 Å². The Hall–Kier alpha value is -2.11. The highest BCUT2D eigenvalue weighted by Crippen LogP contribution is 2.35. The van der Waals surface area contributed by atoms with Crippen LogP contribution in [0.15, 0.2) is 54.6 Å². The van der Waals surface area contributed by atoms with Gasteiger partial charge in [0.25, 0.3) is 0 Å². The summed E-state index contributed by atoms with van der Waals surface area (Å²) < 4.78 is 2.26. The number of rotatable bonds is 5. The van der Waals surface area contributed by atoms with Gasteiger partial charge in [-0.25, -0.2) is 0 Å². The van der Waals surface area contributed by atoms with Crippen LogP contribution in [-0.4, -0.2) is 33.5 Å². The topological polar surface area (TPSA) is 57.4 Å². The van der Waals surface area contributed by atoms with E-state index in [1.54, 1.807) is 0 Å². The van der Waals surface area contributed by atoms with Crippen LogP contribution in [0.2, 0.25) is 0 Å². The third-order valence-corrected chi connectivity index (χ3v) is 5.40. The number of nitrogens with zero attached hydrogens (tertiary/aromatic N) is 1. The van der Waals surface area contributed by atoms with Crippen LogP contribution in [0.1, 0.15) is 12.5 Å². The Kier molecular flexibility index (Phi) is 5.45. The Balaban J connectivity index is 0.00000210. The van der Waals surface area contributed by atoms with Crippen molar-refractivity contribution >= 4 is 45.0 Å². The predicted octanol–water partition coefficient (Wildman–Crippen LogP) is 3.74. The molecule has 4 rings (SSSR count). The number of para-hydroxylation sites is 1. The number of aryl methyl sites for hydroxylation is 1. The second-order valence-corrected chi connectivity index (χ2v) is 7.28. The molecule has 3 N–H and O–H groups in total. The Morgan fingerprint density at radius 1 is 0.889 bits per heavy atom. The summed E-state index contributed by atoms with van der Waals surface area (Å²) in [7, 11) is 2.11. The van der Waals surface area contributed by atoms with Crippen LogP contribution in [0, 0.1) is 0 Å². The number of aliphatic hydroxyl groups is 2. The van der Waals surface area contributed by atoms with E-state index in [0.29, 0.717) is 6.54 Å². The van der Waals surface area contributed by atoms with Crippen LogP contribution in [0.3, 0.4) is 0 Å². The van der Waals surface area contributed by atoms with E-state index < -0.39 is 5.54 Å². The standard InChI is InChI=1S/C22H24N2O2.ClH/c1-22(13-25,14-26)23-12-15-11-19-17-8-5-6-10-20(17)24(2)21(19)18-9-4-3-7-16(15)18;/h3-11,23,25-26H,12-14H2,1-2H3;1H. The van der Waals surface area contributed by atoms with Gasteiger partial charge in [-0.15, -0.1) is 12.4 Å². The molecule has 0 saturated heterocycles. The van der Waals surface area contributed by atoms with Crippen molar-refractivity contribution < 1.29 is 10.2 Å². The smallest absolute Gasteiger partial charge is 0.0633 e. The third-order valence-electron chi connectivity index (χ3n) is 5.40. The highest BCUT2D eigenvalue weighted by Gasteiger charge is 2.22. The normalized spacial score (nSPS) is 12.0. The minimum atomic E-state index is -0.700. The lowest BCUT2D eigenvalue weighted by Gasteiger charge is -2.26. The number of nitrogens with one attached hydrogen (secondary N) is 1. The lowest BCUT2D eigenvalue weighted by molar-refractivity contribution is 0.103. The SMILES string of the molecule is Cl.Cn1c2ccccc2c2cc(CNC(C)(CO)CO)c3ccccc3c21. The molecule has 1 aromatic heterocycles. The highest BCUT2D eigenvalue weighted by atomic mass is 35.5. The van der Waals surface area contributed by atoms with Crippen LogP contribution in [-0.2, 0) is 13.6 Å². The van der Waals surface area contributed by atoms with E-state index in [2.05, 4.69) is 71.5 Å². The fraction of sp³-hybridized carbons (Fsp3) is 0.273. The van der Waals surface area contributed by atoms with E-state index in [-0.39, 0.29) is 25.6 Å². The third kappa shape index (κ3) is 3.19. The van der Waals surface area contributed by atoms with E-state index in [9.17, 15) is 10.2 Å². The maximum atomic E-state index is 9.57. The molecule has 3 aromatic carbocycles. The van der Waals surface area contributed by atoms with Gasteiger partial charge in [-0.05, 0) is 30.0 Å². The Labute approximate surface area is 164 Å². The van der Waals surface area contributed by atoms with Gasteiger partial charge in [-0.1, -0.05) is 42.5 Å². The van der Waals surface area contributed by atoms with Gasteiger partial charge in [0.1, 0.15) is 0 Å². The summed E-state index contributed by atoms with van der Waals surface area (Å²) in [6.07, 6.45) is 0. The van der Waals surface area contributed by atoms with Crippen LogP contribution in [0.25, 0.3) is 32.6 Å². The van der Waals surface area contributed by atoms with Crippen molar-refractivity contribution in [2.75, 3.05) is 13.2 Å². The van der Waals surface area contributed by atoms with E-state index in [1.807, 2.05) is 6.92 Å². The zero-order valence-corrected chi connectivity index (χ0v) is 16.4. The summed E-state index contributed by atoms with van der Waals surface area (Å²) in [5.74, 6) is 0. The molecule has 0 saturated carbocycles. The molecule has 0 fully saturated rings. The lowest BCUT2D eigenvalue weighted by Crippen LogP contribution is -2.48. The van der Waals surface area contributed by atoms with Gasteiger partial charge in [0.15, 0.2) is 0 Å². The monoisotopic (exact) mass is 384 g/mol. The summed E-state index contributed by atoms with van der Waals surface area (Å²) >= 11 is 0. The van der Waals surface area contributed by atoms with E-state index >= 15 is 0 Å². The zero-order chi connectivity index (χ0) is 18.3. The fourth-order valence-electron chi connectivity index (χ4n) is 3.73. The number of aliphatic hydroxyl groups excluding tert-OH is 2. The molecule has 5 heteroatoms. The molecule has 0 bridgehead atoms. The number of hydrogen-bond donors (Lipinski definition) is 3. The van der Waals surface area contributed by atoms with Gasteiger partial charge in [0.2, 0.25) is 0 Å². The molecule has 0 amide bonds. The Morgan fingerprint density at radius 2 is 1.48 bits per heavy atom. The number of aromatic nitrogens is 1. The quantitative estimate of drug-likeness (QED) is 0.491. The molecular formula is C22H25ClN2O2. The van der Waals surface area contributed by atoms with Gasteiger partial charge in [0.05, 0.1) is 24.3 Å². The van der Waals surface area contributed by atoms with Gasteiger partial charge in [-0.3, -0.25) is 0 Å². The average molecular weight is 385 g/mol. The molecule has 0 aliphatic carbocycles. The molecule has 142 valence electrons. The molecule has 0 aliphatic heterocycles. The van der Waals surface area contributed by atoms with Crippen molar-refractivity contribution in [3.05, 3.63) is 60.2 Å². The van der Waals surface area contributed by atoms with Crippen molar-refractivity contribution in [2.45, 2.75) is 19.0 Å². The summed E-state index contributed by atoms with van der Waals surface area (Å²) in [5.41, 5.74) is 2.91. The Morgan fingerprint density at radius 3 is 2.15 bits per heavy atom. The molecule has 0 atom stereocenters. The van der Waals surface area contributed by atoms with Gasteiger partial charge >= 0.3 is 0 Å². The van der Waals surface area contributed by atoms with Crippen molar-refractivity contribution in [3.8, 4) is 0 Å². The maximum Gasteiger partial charge on any atom is 0.0633 e. The first kappa shape index (κ1) is 19.6. The molecular weight excluding hydrogens is 360 g/mol. The van der Waals surface area contributed by atoms with Gasteiger partial charge in [-0.2, -0.15) is 0 Å². The number of halogens is 1. The average Bonchev–Trinajstić information content (AvgIpc) is 2.98. The Bertz CT molecular complexity index is 1100. The lowest BCUT2D eigenvalue weighted by atomic mass is 9.98. The summed E-state index contributed by atoms with van der Waals surface area (Å²) in [6, 6.07) is 19.1.